The van der Waals surface area contributed by atoms with Gasteiger partial charge in [0.15, 0.2) is 0 Å². The summed E-state index contributed by atoms with van der Waals surface area (Å²) in [5.41, 5.74) is 2.22. The second-order valence-electron chi connectivity index (χ2n) is 5.02. The van der Waals surface area contributed by atoms with Gasteiger partial charge in [0.2, 0.25) is 0 Å². The number of para-hydroxylation sites is 2. The molecular weight excluding hydrogens is 276 g/mol. The van der Waals surface area contributed by atoms with Gasteiger partial charge >= 0.3 is 0 Å². The van der Waals surface area contributed by atoms with Crippen molar-refractivity contribution in [3.63, 3.8) is 0 Å². The number of methoxy groups -OCH3 is 2. The molecule has 0 aliphatic rings. The second-order valence-corrected chi connectivity index (χ2v) is 5.02. The lowest BCUT2D eigenvalue weighted by atomic mass is 9.92. The molecule has 0 aliphatic heterocycles. The molecule has 2 rings (SSSR count). The fourth-order valence-electron chi connectivity index (χ4n) is 2.85. The topological polar surface area (TPSA) is 42.5 Å². The third-order valence-electron chi connectivity index (χ3n) is 3.90. The lowest BCUT2D eigenvalue weighted by Crippen LogP contribution is -2.32. The van der Waals surface area contributed by atoms with Crippen LogP contribution in [0.1, 0.15) is 23.2 Å². The van der Waals surface area contributed by atoms with Gasteiger partial charge in [0.05, 0.1) is 26.3 Å². The molecule has 0 bridgehead atoms. The molecule has 0 unspecified atom stereocenters. The van der Waals surface area contributed by atoms with Crippen molar-refractivity contribution < 1.29 is 9.47 Å². The zero-order chi connectivity index (χ0) is 15.9. The molecule has 0 spiro atoms. The molecule has 4 nitrogen and oxygen atoms in total. The Labute approximate surface area is 132 Å². The Morgan fingerprint density at radius 3 is 1.36 bits per heavy atom. The Kier molecular flexibility index (Phi) is 5.81. The third kappa shape index (κ3) is 3.24. The summed E-state index contributed by atoms with van der Waals surface area (Å²) in [5.74, 6) is 1.74. The van der Waals surface area contributed by atoms with E-state index in [1.165, 1.54) is 0 Å². The van der Waals surface area contributed by atoms with Crippen molar-refractivity contribution in [1.29, 1.82) is 0 Å². The highest BCUT2D eigenvalue weighted by Gasteiger charge is 2.26. The van der Waals surface area contributed by atoms with E-state index in [9.17, 15) is 0 Å². The van der Waals surface area contributed by atoms with Gasteiger partial charge in [0.25, 0.3) is 0 Å². The molecule has 0 saturated heterocycles. The minimum absolute atomic E-state index is 0.0532. The largest absolute Gasteiger partial charge is 0.496 e. The molecule has 0 radical (unpaired) electrons. The Morgan fingerprint density at radius 2 is 1.05 bits per heavy atom. The van der Waals surface area contributed by atoms with Gasteiger partial charge in [0.1, 0.15) is 11.5 Å². The van der Waals surface area contributed by atoms with Gasteiger partial charge in [0, 0.05) is 11.1 Å². The van der Waals surface area contributed by atoms with Crippen molar-refractivity contribution in [3.05, 3.63) is 59.7 Å². The van der Waals surface area contributed by atoms with Gasteiger partial charge in [-0.05, 0) is 26.2 Å². The molecule has 2 aromatic carbocycles. The zero-order valence-corrected chi connectivity index (χ0v) is 13.6. The first-order valence-electron chi connectivity index (χ1n) is 7.37. The van der Waals surface area contributed by atoms with Gasteiger partial charge in [-0.3, -0.25) is 0 Å². The SMILES string of the molecule is CN[C@H](c1ccccc1OC)[C@H](NC)c1ccccc1OC. The summed E-state index contributed by atoms with van der Waals surface area (Å²) in [7, 11) is 7.31. The monoisotopic (exact) mass is 300 g/mol. The summed E-state index contributed by atoms with van der Waals surface area (Å²) in [6.45, 7) is 0. The Balaban J connectivity index is 2.47. The van der Waals surface area contributed by atoms with Crippen LogP contribution in [0, 0.1) is 0 Å². The minimum Gasteiger partial charge on any atom is -0.496 e. The number of nitrogens with one attached hydrogen (secondary N) is 2. The van der Waals surface area contributed by atoms with Crippen LogP contribution in [0.5, 0.6) is 11.5 Å². The van der Waals surface area contributed by atoms with Crippen molar-refractivity contribution in [2.24, 2.45) is 0 Å². The van der Waals surface area contributed by atoms with Gasteiger partial charge in [-0.2, -0.15) is 0 Å². The van der Waals surface area contributed by atoms with Crippen molar-refractivity contribution in [3.8, 4) is 11.5 Å². The average Bonchev–Trinajstić information content (AvgIpc) is 2.59. The molecule has 0 saturated carbocycles. The summed E-state index contributed by atoms with van der Waals surface area (Å²) in [6, 6.07) is 16.2. The molecule has 0 fully saturated rings. The highest BCUT2D eigenvalue weighted by Crippen LogP contribution is 2.37. The quantitative estimate of drug-likeness (QED) is 0.825. The fourth-order valence-corrected chi connectivity index (χ4v) is 2.85. The molecule has 0 amide bonds. The van der Waals surface area contributed by atoms with E-state index in [0.717, 1.165) is 22.6 Å². The van der Waals surface area contributed by atoms with E-state index in [0.29, 0.717) is 0 Å². The average molecular weight is 300 g/mol. The summed E-state index contributed by atoms with van der Waals surface area (Å²) < 4.78 is 11.0. The van der Waals surface area contributed by atoms with Crippen LogP contribution in [-0.4, -0.2) is 28.3 Å². The van der Waals surface area contributed by atoms with Gasteiger partial charge in [-0.1, -0.05) is 36.4 Å². The summed E-state index contributed by atoms with van der Waals surface area (Å²) in [5, 5.41) is 6.79. The predicted molar refractivity (Wildman–Crippen MR) is 89.6 cm³/mol. The third-order valence-corrected chi connectivity index (χ3v) is 3.90. The van der Waals surface area contributed by atoms with Crippen LogP contribution in [0.3, 0.4) is 0 Å². The van der Waals surface area contributed by atoms with E-state index in [1.54, 1.807) is 14.2 Å². The van der Waals surface area contributed by atoms with E-state index in [-0.39, 0.29) is 12.1 Å². The van der Waals surface area contributed by atoms with Crippen molar-refractivity contribution >= 4 is 0 Å². The van der Waals surface area contributed by atoms with Crippen molar-refractivity contribution in [2.45, 2.75) is 12.1 Å². The molecule has 2 atom stereocenters. The van der Waals surface area contributed by atoms with Crippen molar-refractivity contribution in [1.82, 2.24) is 10.6 Å². The highest BCUT2D eigenvalue weighted by atomic mass is 16.5. The lowest BCUT2D eigenvalue weighted by molar-refractivity contribution is 0.364. The van der Waals surface area contributed by atoms with E-state index in [1.807, 2.05) is 50.5 Å². The number of hydrogen-bond acceptors (Lipinski definition) is 4. The number of likely N-dealkylation sites (N-methyl/N-ethyl adjacent to an activating group) is 2. The maximum atomic E-state index is 5.52. The smallest absolute Gasteiger partial charge is 0.123 e. The zero-order valence-electron chi connectivity index (χ0n) is 13.6. The molecule has 4 heteroatoms. The van der Waals surface area contributed by atoms with Crippen LogP contribution in [0.2, 0.25) is 0 Å². The standard InChI is InChI=1S/C18H24N2O2/c1-19-17(13-9-5-7-11-15(13)21-3)18(20-2)14-10-6-8-12-16(14)22-4/h5-12,17-20H,1-4H3/t17-,18-/m1/s1. The fraction of sp³-hybridized carbons (Fsp3) is 0.333. The molecule has 0 heterocycles. The first-order chi connectivity index (χ1) is 10.8. The molecule has 0 aliphatic carbocycles. The van der Waals surface area contributed by atoms with E-state index >= 15 is 0 Å². The van der Waals surface area contributed by atoms with Crippen molar-refractivity contribution in [2.75, 3.05) is 28.3 Å². The van der Waals surface area contributed by atoms with Gasteiger partial charge < -0.3 is 20.1 Å². The summed E-state index contributed by atoms with van der Waals surface area (Å²) in [4.78, 5) is 0. The molecule has 118 valence electrons. The van der Waals surface area contributed by atoms with E-state index in [4.69, 9.17) is 9.47 Å². The number of ether oxygens (including phenoxy) is 2. The molecule has 22 heavy (non-hydrogen) atoms. The summed E-state index contributed by atoms with van der Waals surface area (Å²) in [6.07, 6.45) is 0. The van der Waals surface area contributed by atoms with Gasteiger partial charge in [-0.25, -0.2) is 0 Å². The normalized spacial score (nSPS) is 13.5. The first kappa shape index (κ1) is 16.3. The molecular formula is C18H24N2O2. The Bertz CT molecular complexity index is 548. The lowest BCUT2D eigenvalue weighted by Gasteiger charge is -2.29. The maximum absolute atomic E-state index is 5.52. The molecule has 2 N–H and O–H groups in total. The van der Waals surface area contributed by atoms with Crippen LogP contribution < -0.4 is 20.1 Å². The second kappa shape index (κ2) is 7.82. The van der Waals surface area contributed by atoms with Crippen LogP contribution in [0.4, 0.5) is 0 Å². The molecule has 0 aromatic heterocycles. The minimum atomic E-state index is 0.0532. The van der Waals surface area contributed by atoms with Crippen LogP contribution in [-0.2, 0) is 0 Å². The summed E-state index contributed by atoms with van der Waals surface area (Å²) >= 11 is 0. The number of hydrogen-bond donors (Lipinski definition) is 2. The Morgan fingerprint density at radius 1 is 0.682 bits per heavy atom. The van der Waals surface area contributed by atoms with E-state index in [2.05, 4.69) is 22.8 Å². The van der Waals surface area contributed by atoms with Crippen LogP contribution in [0.25, 0.3) is 0 Å². The van der Waals surface area contributed by atoms with Gasteiger partial charge in [-0.15, -0.1) is 0 Å². The predicted octanol–water partition coefficient (Wildman–Crippen LogP) is 2.93. The van der Waals surface area contributed by atoms with E-state index < -0.39 is 0 Å². The first-order valence-corrected chi connectivity index (χ1v) is 7.37. The Hall–Kier alpha value is -2.04. The van der Waals surface area contributed by atoms with Crippen LogP contribution in [0.15, 0.2) is 48.5 Å². The van der Waals surface area contributed by atoms with Crippen LogP contribution >= 0.6 is 0 Å². The maximum Gasteiger partial charge on any atom is 0.123 e. The molecule has 2 aromatic rings. The number of rotatable bonds is 7. The number of benzene rings is 2. The highest BCUT2D eigenvalue weighted by molar-refractivity contribution is 5.42.